The summed E-state index contributed by atoms with van der Waals surface area (Å²) in [6.07, 6.45) is 4.54. The summed E-state index contributed by atoms with van der Waals surface area (Å²) in [5.74, 6) is -0.683. The Kier molecular flexibility index (Phi) is 2.05. The van der Waals surface area contributed by atoms with Crippen LogP contribution in [0.25, 0.3) is 10.9 Å². The number of hydrogen-bond acceptors (Lipinski definition) is 1. The van der Waals surface area contributed by atoms with Gasteiger partial charge in [0, 0.05) is 18.8 Å². The Morgan fingerprint density at radius 1 is 1.35 bits per heavy atom. The fourth-order valence-corrected chi connectivity index (χ4v) is 2.72. The lowest BCUT2D eigenvalue weighted by molar-refractivity contribution is -0.147. The number of aliphatic carboxylic acids is 1. The van der Waals surface area contributed by atoms with Crippen molar-refractivity contribution >= 4 is 16.9 Å². The fourth-order valence-electron chi connectivity index (χ4n) is 2.72. The maximum absolute atomic E-state index is 11.5. The number of carboxylic acid groups (broad SMARTS) is 1. The highest BCUT2D eigenvalue weighted by Crippen LogP contribution is 2.44. The molecular formula is C14H15NO2. The number of aromatic nitrogens is 1. The molecule has 1 aliphatic carbocycles. The van der Waals surface area contributed by atoms with Crippen molar-refractivity contribution in [3.8, 4) is 0 Å². The molecule has 1 heterocycles. The molecule has 1 N–H and O–H groups in total. The number of aryl methyl sites for hydroxylation is 1. The highest BCUT2D eigenvalue weighted by Gasteiger charge is 2.45. The molecule has 3 nitrogen and oxygen atoms in total. The van der Waals surface area contributed by atoms with Crippen LogP contribution in [0.15, 0.2) is 30.5 Å². The maximum atomic E-state index is 11.5. The summed E-state index contributed by atoms with van der Waals surface area (Å²) in [7, 11) is 1.99. The van der Waals surface area contributed by atoms with Crippen LogP contribution in [0.4, 0.5) is 0 Å². The van der Waals surface area contributed by atoms with Crippen molar-refractivity contribution in [1.29, 1.82) is 0 Å². The molecule has 0 bridgehead atoms. The van der Waals surface area contributed by atoms with E-state index in [2.05, 4.69) is 0 Å². The molecule has 0 aliphatic heterocycles. The second kappa shape index (κ2) is 3.36. The second-order valence-electron chi connectivity index (χ2n) is 4.94. The first kappa shape index (κ1) is 10.4. The van der Waals surface area contributed by atoms with Gasteiger partial charge in [0.05, 0.1) is 5.41 Å². The van der Waals surface area contributed by atoms with E-state index in [1.165, 1.54) is 0 Å². The van der Waals surface area contributed by atoms with Gasteiger partial charge < -0.3 is 9.67 Å². The molecule has 3 rings (SSSR count). The summed E-state index contributed by atoms with van der Waals surface area (Å²) in [5, 5.41) is 10.6. The lowest BCUT2D eigenvalue weighted by Gasteiger charge is -2.38. The van der Waals surface area contributed by atoms with Crippen LogP contribution in [0.2, 0.25) is 0 Å². The number of carbonyl (C=O) groups is 1. The predicted molar refractivity (Wildman–Crippen MR) is 66.1 cm³/mol. The van der Waals surface area contributed by atoms with Crippen molar-refractivity contribution in [2.75, 3.05) is 0 Å². The number of benzene rings is 1. The summed E-state index contributed by atoms with van der Waals surface area (Å²) in [5.41, 5.74) is 1.43. The highest BCUT2D eigenvalue weighted by atomic mass is 16.4. The van der Waals surface area contributed by atoms with Gasteiger partial charge in [-0.15, -0.1) is 0 Å². The summed E-state index contributed by atoms with van der Waals surface area (Å²) in [6, 6.07) is 8.07. The van der Waals surface area contributed by atoms with Crippen LogP contribution in [-0.2, 0) is 17.3 Å². The van der Waals surface area contributed by atoms with Crippen molar-refractivity contribution in [3.63, 3.8) is 0 Å². The lowest BCUT2D eigenvalue weighted by atomic mass is 9.64. The van der Waals surface area contributed by atoms with Crippen molar-refractivity contribution in [2.24, 2.45) is 7.05 Å². The van der Waals surface area contributed by atoms with Crippen LogP contribution < -0.4 is 0 Å². The van der Waals surface area contributed by atoms with Gasteiger partial charge >= 0.3 is 5.97 Å². The SMILES string of the molecule is Cn1ccc2ccc(C3(C(=O)O)CCC3)cc21. The van der Waals surface area contributed by atoms with Gasteiger partial charge in [0.15, 0.2) is 0 Å². The monoisotopic (exact) mass is 229 g/mol. The quantitative estimate of drug-likeness (QED) is 0.860. The average Bonchev–Trinajstić information content (AvgIpc) is 2.58. The normalized spacial score (nSPS) is 17.9. The van der Waals surface area contributed by atoms with Crippen molar-refractivity contribution in [1.82, 2.24) is 4.57 Å². The molecule has 0 unspecified atom stereocenters. The molecule has 88 valence electrons. The first-order chi connectivity index (χ1) is 8.13. The number of rotatable bonds is 2. The zero-order valence-corrected chi connectivity index (χ0v) is 9.81. The lowest BCUT2D eigenvalue weighted by Crippen LogP contribution is -2.42. The molecule has 1 aromatic carbocycles. The standard InChI is InChI=1S/C14H15NO2/c1-15-8-5-10-3-4-11(9-12(10)15)14(13(16)17)6-2-7-14/h3-5,8-9H,2,6-7H2,1H3,(H,16,17). The van der Waals surface area contributed by atoms with Gasteiger partial charge in [-0.1, -0.05) is 18.6 Å². The third kappa shape index (κ3) is 1.32. The van der Waals surface area contributed by atoms with Crippen LogP contribution in [0.5, 0.6) is 0 Å². The van der Waals surface area contributed by atoms with Gasteiger partial charge in [-0.25, -0.2) is 0 Å². The van der Waals surface area contributed by atoms with E-state index in [4.69, 9.17) is 0 Å². The molecule has 17 heavy (non-hydrogen) atoms. The van der Waals surface area contributed by atoms with Gasteiger partial charge in [-0.3, -0.25) is 4.79 Å². The van der Waals surface area contributed by atoms with Gasteiger partial charge in [-0.05, 0) is 35.9 Å². The van der Waals surface area contributed by atoms with E-state index >= 15 is 0 Å². The molecule has 0 radical (unpaired) electrons. The Hall–Kier alpha value is -1.77. The third-order valence-electron chi connectivity index (χ3n) is 4.06. The van der Waals surface area contributed by atoms with Crippen molar-refractivity contribution in [2.45, 2.75) is 24.7 Å². The van der Waals surface area contributed by atoms with Crippen molar-refractivity contribution in [3.05, 3.63) is 36.0 Å². The average molecular weight is 229 g/mol. The minimum Gasteiger partial charge on any atom is -0.481 e. The molecule has 1 saturated carbocycles. The molecule has 0 amide bonds. The first-order valence-corrected chi connectivity index (χ1v) is 5.92. The third-order valence-corrected chi connectivity index (χ3v) is 4.06. The highest BCUT2D eigenvalue weighted by molar-refractivity contribution is 5.86. The van der Waals surface area contributed by atoms with E-state index in [1.54, 1.807) is 0 Å². The zero-order valence-electron chi connectivity index (χ0n) is 9.81. The zero-order chi connectivity index (χ0) is 12.0. The van der Waals surface area contributed by atoms with Gasteiger partial charge in [0.1, 0.15) is 0 Å². The molecule has 0 saturated heterocycles. The number of fused-ring (bicyclic) bond motifs is 1. The second-order valence-corrected chi connectivity index (χ2v) is 4.94. The van der Waals surface area contributed by atoms with E-state index in [-0.39, 0.29) is 0 Å². The molecule has 1 aliphatic rings. The smallest absolute Gasteiger partial charge is 0.314 e. The van der Waals surface area contributed by atoms with E-state index in [9.17, 15) is 9.90 Å². The van der Waals surface area contributed by atoms with Crippen LogP contribution in [0.3, 0.4) is 0 Å². The summed E-state index contributed by atoms with van der Waals surface area (Å²) >= 11 is 0. The van der Waals surface area contributed by atoms with Crippen LogP contribution in [0.1, 0.15) is 24.8 Å². The van der Waals surface area contributed by atoms with Gasteiger partial charge in [-0.2, -0.15) is 0 Å². The first-order valence-electron chi connectivity index (χ1n) is 5.92. The summed E-state index contributed by atoms with van der Waals surface area (Å²) in [6.45, 7) is 0. The molecule has 0 spiro atoms. The van der Waals surface area contributed by atoms with E-state index in [0.717, 1.165) is 35.7 Å². The van der Waals surface area contributed by atoms with Crippen molar-refractivity contribution < 1.29 is 9.90 Å². The minimum atomic E-state index is -0.683. The molecule has 0 atom stereocenters. The maximum Gasteiger partial charge on any atom is 0.314 e. The Bertz CT molecular complexity index is 593. The van der Waals surface area contributed by atoms with Gasteiger partial charge in [0.2, 0.25) is 0 Å². The van der Waals surface area contributed by atoms with E-state index in [0.29, 0.717) is 0 Å². The van der Waals surface area contributed by atoms with E-state index < -0.39 is 11.4 Å². The van der Waals surface area contributed by atoms with Crippen LogP contribution in [0, 0.1) is 0 Å². The number of nitrogens with zero attached hydrogens (tertiary/aromatic N) is 1. The Labute approximate surface area is 99.7 Å². The topological polar surface area (TPSA) is 42.2 Å². The Morgan fingerprint density at radius 2 is 2.12 bits per heavy atom. The fraction of sp³-hybridized carbons (Fsp3) is 0.357. The predicted octanol–water partition coefficient (Wildman–Crippen LogP) is 2.68. The molecular weight excluding hydrogens is 214 g/mol. The largest absolute Gasteiger partial charge is 0.481 e. The summed E-state index contributed by atoms with van der Waals surface area (Å²) < 4.78 is 2.03. The Morgan fingerprint density at radius 3 is 2.71 bits per heavy atom. The molecule has 2 aromatic rings. The number of hydrogen-bond donors (Lipinski definition) is 1. The van der Waals surface area contributed by atoms with Gasteiger partial charge in [0.25, 0.3) is 0 Å². The minimum absolute atomic E-state index is 0.627. The number of carboxylic acids is 1. The molecule has 3 heteroatoms. The molecule has 1 aromatic heterocycles. The van der Waals surface area contributed by atoms with E-state index in [1.807, 2.05) is 42.1 Å². The summed E-state index contributed by atoms with van der Waals surface area (Å²) in [4.78, 5) is 11.5. The van der Waals surface area contributed by atoms with Crippen LogP contribution in [-0.4, -0.2) is 15.6 Å². The van der Waals surface area contributed by atoms with Crippen LogP contribution >= 0.6 is 0 Å². The Balaban J connectivity index is 2.17. The molecule has 1 fully saturated rings.